The highest BCUT2D eigenvalue weighted by Gasteiger charge is 2.13. The molecule has 0 aliphatic carbocycles. The average Bonchev–Trinajstić information content (AvgIpc) is 2.67. The SMILES string of the molecule is CCCOc1ccc(NC(=O)C(=O)NCCc2ccc(OC)cc2)cc1. The minimum absolute atomic E-state index is 0.377. The van der Waals surface area contributed by atoms with Gasteiger partial charge in [0.15, 0.2) is 0 Å². The van der Waals surface area contributed by atoms with Gasteiger partial charge in [-0.15, -0.1) is 0 Å². The van der Waals surface area contributed by atoms with Crippen LogP contribution in [0, 0.1) is 0 Å². The third kappa shape index (κ3) is 6.12. The Morgan fingerprint density at radius 3 is 2.19 bits per heavy atom. The number of benzene rings is 2. The van der Waals surface area contributed by atoms with E-state index in [2.05, 4.69) is 10.6 Å². The van der Waals surface area contributed by atoms with Crippen molar-refractivity contribution >= 4 is 17.5 Å². The van der Waals surface area contributed by atoms with E-state index >= 15 is 0 Å². The second-order valence-electron chi connectivity index (χ2n) is 5.68. The Labute approximate surface area is 153 Å². The van der Waals surface area contributed by atoms with Gasteiger partial charge in [0.25, 0.3) is 0 Å². The molecule has 0 aliphatic heterocycles. The van der Waals surface area contributed by atoms with Crippen LogP contribution >= 0.6 is 0 Å². The number of rotatable bonds is 8. The molecule has 0 saturated carbocycles. The molecule has 2 aromatic rings. The molecule has 2 aromatic carbocycles. The van der Waals surface area contributed by atoms with E-state index in [1.165, 1.54) is 0 Å². The molecule has 2 amide bonds. The fourth-order valence-electron chi connectivity index (χ4n) is 2.24. The van der Waals surface area contributed by atoms with Gasteiger partial charge in [-0.25, -0.2) is 0 Å². The van der Waals surface area contributed by atoms with Crippen molar-refractivity contribution in [3.8, 4) is 11.5 Å². The van der Waals surface area contributed by atoms with Crippen LogP contribution in [0.15, 0.2) is 48.5 Å². The van der Waals surface area contributed by atoms with Gasteiger partial charge in [0, 0.05) is 12.2 Å². The smallest absolute Gasteiger partial charge is 0.313 e. The lowest BCUT2D eigenvalue weighted by Crippen LogP contribution is -2.36. The van der Waals surface area contributed by atoms with E-state index in [0.717, 1.165) is 23.5 Å². The molecule has 0 saturated heterocycles. The number of nitrogens with one attached hydrogen (secondary N) is 2. The van der Waals surface area contributed by atoms with Crippen molar-refractivity contribution in [1.82, 2.24) is 5.32 Å². The third-order valence-electron chi connectivity index (χ3n) is 3.65. The highest BCUT2D eigenvalue weighted by molar-refractivity contribution is 6.39. The number of anilines is 1. The summed E-state index contributed by atoms with van der Waals surface area (Å²) >= 11 is 0. The molecule has 0 fully saturated rings. The van der Waals surface area contributed by atoms with E-state index < -0.39 is 11.8 Å². The Hall–Kier alpha value is -3.02. The van der Waals surface area contributed by atoms with Crippen LogP contribution in [0.1, 0.15) is 18.9 Å². The summed E-state index contributed by atoms with van der Waals surface area (Å²) in [6, 6.07) is 14.5. The molecule has 2 N–H and O–H groups in total. The van der Waals surface area contributed by atoms with E-state index in [0.29, 0.717) is 25.3 Å². The second kappa shape index (κ2) is 10.1. The number of carbonyl (C=O) groups is 2. The van der Waals surface area contributed by atoms with Gasteiger partial charge in [-0.05, 0) is 54.8 Å². The van der Waals surface area contributed by atoms with Crippen LogP contribution in [0.2, 0.25) is 0 Å². The van der Waals surface area contributed by atoms with Gasteiger partial charge in [0.2, 0.25) is 0 Å². The zero-order chi connectivity index (χ0) is 18.8. The summed E-state index contributed by atoms with van der Waals surface area (Å²) in [6.45, 7) is 3.05. The maximum absolute atomic E-state index is 11.9. The van der Waals surface area contributed by atoms with Crippen molar-refractivity contribution < 1.29 is 19.1 Å². The van der Waals surface area contributed by atoms with Crippen molar-refractivity contribution in [1.29, 1.82) is 0 Å². The number of hydrogen-bond acceptors (Lipinski definition) is 4. The summed E-state index contributed by atoms with van der Waals surface area (Å²) < 4.78 is 10.6. The number of hydrogen-bond donors (Lipinski definition) is 2. The predicted molar refractivity (Wildman–Crippen MR) is 101 cm³/mol. The molecule has 26 heavy (non-hydrogen) atoms. The molecule has 0 spiro atoms. The zero-order valence-electron chi connectivity index (χ0n) is 15.1. The summed E-state index contributed by atoms with van der Waals surface area (Å²) in [6.07, 6.45) is 1.56. The Bertz CT molecular complexity index is 712. The van der Waals surface area contributed by atoms with Crippen LogP contribution in [0.25, 0.3) is 0 Å². The fraction of sp³-hybridized carbons (Fsp3) is 0.300. The molecular weight excluding hydrogens is 332 g/mol. The molecule has 0 heterocycles. The Morgan fingerprint density at radius 1 is 0.923 bits per heavy atom. The fourth-order valence-corrected chi connectivity index (χ4v) is 2.24. The van der Waals surface area contributed by atoms with E-state index in [9.17, 15) is 9.59 Å². The monoisotopic (exact) mass is 356 g/mol. The molecule has 0 bridgehead atoms. The van der Waals surface area contributed by atoms with Gasteiger partial charge in [-0.2, -0.15) is 0 Å². The van der Waals surface area contributed by atoms with Crippen LogP contribution in [-0.4, -0.2) is 32.1 Å². The second-order valence-corrected chi connectivity index (χ2v) is 5.68. The lowest BCUT2D eigenvalue weighted by molar-refractivity contribution is -0.136. The number of methoxy groups -OCH3 is 1. The summed E-state index contributed by atoms with van der Waals surface area (Å²) in [5, 5.41) is 5.18. The third-order valence-corrected chi connectivity index (χ3v) is 3.65. The molecular formula is C20H24N2O4. The van der Waals surface area contributed by atoms with E-state index in [1.54, 1.807) is 31.4 Å². The molecule has 2 rings (SSSR count). The first kappa shape index (κ1) is 19.3. The van der Waals surface area contributed by atoms with Crippen molar-refractivity contribution in [3.63, 3.8) is 0 Å². The predicted octanol–water partition coefficient (Wildman–Crippen LogP) is 2.78. The van der Waals surface area contributed by atoms with Crippen LogP contribution in [-0.2, 0) is 16.0 Å². The average molecular weight is 356 g/mol. The standard InChI is InChI=1S/C20H24N2O4/c1-3-14-26-18-10-6-16(7-11-18)22-20(24)19(23)21-13-12-15-4-8-17(25-2)9-5-15/h4-11H,3,12-14H2,1-2H3,(H,21,23)(H,22,24). The summed E-state index contributed by atoms with van der Waals surface area (Å²) in [5.41, 5.74) is 1.60. The normalized spacial score (nSPS) is 10.1. The highest BCUT2D eigenvalue weighted by atomic mass is 16.5. The molecule has 0 unspecified atom stereocenters. The Kier molecular flexibility index (Phi) is 7.49. The molecule has 0 radical (unpaired) electrons. The van der Waals surface area contributed by atoms with Gasteiger partial charge in [-0.3, -0.25) is 9.59 Å². The minimum Gasteiger partial charge on any atom is -0.497 e. The molecule has 0 atom stereocenters. The highest BCUT2D eigenvalue weighted by Crippen LogP contribution is 2.16. The first-order chi connectivity index (χ1) is 12.6. The first-order valence-electron chi connectivity index (χ1n) is 8.57. The van der Waals surface area contributed by atoms with Crippen LogP contribution in [0.4, 0.5) is 5.69 Å². The van der Waals surface area contributed by atoms with Crippen LogP contribution in [0.5, 0.6) is 11.5 Å². The summed E-state index contributed by atoms with van der Waals surface area (Å²) in [4.78, 5) is 23.8. The molecule has 0 aromatic heterocycles. The van der Waals surface area contributed by atoms with Gasteiger partial charge in [-0.1, -0.05) is 19.1 Å². The number of amides is 2. The van der Waals surface area contributed by atoms with Crippen LogP contribution < -0.4 is 20.1 Å². The quantitative estimate of drug-likeness (QED) is 0.713. The van der Waals surface area contributed by atoms with E-state index in [1.807, 2.05) is 31.2 Å². The molecule has 138 valence electrons. The molecule has 6 nitrogen and oxygen atoms in total. The van der Waals surface area contributed by atoms with Gasteiger partial charge in [0.05, 0.1) is 13.7 Å². The lowest BCUT2D eigenvalue weighted by Gasteiger charge is -2.08. The van der Waals surface area contributed by atoms with Crippen molar-refractivity contribution in [2.24, 2.45) is 0 Å². The van der Waals surface area contributed by atoms with Crippen molar-refractivity contribution in [2.45, 2.75) is 19.8 Å². The van der Waals surface area contributed by atoms with Crippen molar-refractivity contribution in [2.75, 3.05) is 25.6 Å². The minimum atomic E-state index is -0.693. The zero-order valence-corrected chi connectivity index (χ0v) is 15.1. The van der Waals surface area contributed by atoms with E-state index in [-0.39, 0.29) is 0 Å². The Balaban J connectivity index is 1.75. The van der Waals surface area contributed by atoms with Crippen LogP contribution in [0.3, 0.4) is 0 Å². The van der Waals surface area contributed by atoms with Crippen molar-refractivity contribution in [3.05, 3.63) is 54.1 Å². The maximum atomic E-state index is 11.9. The van der Waals surface area contributed by atoms with Gasteiger partial charge in [0.1, 0.15) is 11.5 Å². The van der Waals surface area contributed by atoms with Gasteiger partial charge < -0.3 is 20.1 Å². The lowest BCUT2D eigenvalue weighted by atomic mass is 10.1. The molecule has 0 aliphatic rings. The van der Waals surface area contributed by atoms with E-state index in [4.69, 9.17) is 9.47 Å². The largest absolute Gasteiger partial charge is 0.497 e. The first-order valence-corrected chi connectivity index (χ1v) is 8.57. The number of carbonyl (C=O) groups excluding carboxylic acids is 2. The summed E-state index contributed by atoms with van der Waals surface area (Å²) in [7, 11) is 1.61. The molecule has 6 heteroatoms. The maximum Gasteiger partial charge on any atom is 0.313 e. The number of ether oxygens (including phenoxy) is 2. The summed E-state index contributed by atoms with van der Waals surface area (Å²) in [5.74, 6) is 0.156. The topological polar surface area (TPSA) is 76.7 Å². The Morgan fingerprint density at radius 2 is 1.58 bits per heavy atom. The van der Waals surface area contributed by atoms with Gasteiger partial charge >= 0.3 is 11.8 Å².